The van der Waals surface area contributed by atoms with Gasteiger partial charge in [0.25, 0.3) is 11.5 Å². The largest absolute Gasteiger partial charge is 0.416 e. The van der Waals surface area contributed by atoms with Crippen LogP contribution in [0.5, 0.6) is 0 Å². The fraction of sp³-hybridized carbons (Fsp3) is 0.286. The lowest BCUT2D eigenvalue weighted by molar-refractivity contribution is -0.137. The lowest BCUT2D eigenvalue weighted by atomic mass is 10.1. The van der Waals surface area contributed by atoms with E-state index in [0.717, 1.165) is 36.3 Å². The molecule has 206 valence electrons. The van der Waals surface area contributed by atoms with Gasteiger partial charge in [-0.2, -0.15) is 18.4 Å². The lowest BCUT2D eigenvalue weighted by Gasteiger charge is -2.33. The number of carbonyl (C=O) groups excluding carboxylic acids is 1. The van der Waals surface area contributed by atoms with Gasteiger partial charge in [-0.3, -0.25) is 14.2 Å². The molecule has 1 saturated heterocycles. The number of hydrogen-bond donors (Lipinski definition) is 2. The van der Waals surface area contributed by atoms with Gasteiger partial charge in [0.1, 0.15) is 4.70 Å². The summed E-state index contributed by atoms with van der Waals surface area (Å²) < 4.78 is 40.9. The molecule has 1 aliphatic rings. The number of nitrogens with zero attached hydrogens (tertiary/aromatic N) is 4. The first-order valence-electron chi connectivity index (χ1n) is 12.6. The molecule has 3 heterocycles. The first-order chi connectivity index (χ1) is 19.1. The van der Waals surface area contributed by atoms with Gasteiger partial charge >= 0.3 is 6.18 Å². The van der Waals surface area contributed by atoms with E-state index in [4.69, 9.17) is 10.7 Å². The molecule has 12 heteroatoms. The van der Waals surface area contributed by atoms with Gasteiger partial charge in [0.05, 0.1) is 34.1 Å². The zero-order valence-corrected chi connectivity index (χ0v) is 22.1. The number of aromatic nitrogens is 2. The number of nitrogens with one attached hydrogen (secondary N) is 1. The van der Waals surface area contributed by atoms with Crippen LogP contribution >= 0.6 is 11.3 Å². The first-order valence-corrected chi connectivity index (χ1v) is 13.4. The number of rotatable bonds is 6. The zero-order chi connectivity index (χ0) is 28.4. The molecule has 2 aromatic carbocycles. The molecule has 2 aromatic heterocycles. The normalized spacial score (nSPS) is 15.7. The van der Waals surface area contributed by atoms with Gasteiger partial charge in [-0.05, 0) is 48.2 Å². The standard InChI is InChI=1S/C28H25F3N6O2S/c29-28(30,31)20-8-3-5-17(11-20)14-34-25(38)23-12-22-24(40-23)26(39)37(15-19-7-2-1-6-18(19)13-32)27(35-22)36-10-4-9-21(33)16-36/h1-3,5-8,11-12,21H,4,9-10,14-16,33H2,(H,34,38)/t21-/m1/s1. The van der Waals surface area contributed by atoms with E-state index in [-0.39, 0.29) is 34.3 Å². The van der Waals surface area contributed by atoms with Crippen LogP contribution in [0.1, 0.15) is 44.8 Å². The predicted molar refractivity (Wildman–Crippen MR) is 146 cm³/mol. The second-order valence-electron chi connectivity index (χ2n) is 9.63. The second kappa shape index (κ2) is 11.1. The van der Waals surface area contributed by atoms with Crippen molar-refractivity contribution in [2.75, 3.05) is 18.0 Å². The molecule has 1 aliphatic heterocycles. The van der Waals surface area contributed by atoms with Crippen LogP contribution in [0.25, 0.3) is 10.2 Å². The van der Waals surface area contributed by atoms with Crippen molar-refractivity contribution < 1.29 is 18.0 Å². The average Bonchev–Trinajstić information content (AvgIpc) is 3.38. The van der Waals surface area contributed by atoms with Crippen molar-refractivity contribution in [2.45, 2.75) is 38.1 Å². The molecule has 5 rings (SSSR count). The maximum absolute atomic E-state index is 13.8. The summed E-state index contributed by atoms with van der Waals surface area (Å²) in [5.41, 5.74) is 6.80. The Morgan fingerprint density at radius 1 is 1.20 bits per heavy atom. The van der Waals surface area contributed by atoms with Crippen LogP contribution in [0, 0.1) is 11.3 Å². The Hall–Kier alpha value is -4.21. The van der Waals surface area contributed by atoms with E-state index in [1.807, 2.05) is 4.90 Å². The monoisotopic (exact) mass is 566 g/mol. The van der Waals surface area contributed by atoms with E-state index in [2.05, 4.69) is 11.4 Å². The highest BCUT2D eigenvalue weighted by molar-refractivity contribution is 7.20. The molecule has 0 spiro atoms. The summed E-state index contributed by atoms with van der Waals surface area (Å²) >= 11 is 0.969. The fourth-order valence-electron chi connectivity index (χ4n) is 4.75. The molecular formula is C28H25F3N6O2S. The smallest absolute Gasteiger partial charge is 0.347 e. The maximum atomic E-state index is 13.8. The van der Waals surface area contributed by atoms with E-state index >= 15 is 0 Å². The molecule has 3 N–H and O–H groups in total. The number of fused-ring (bicyclic) bond motifs is 1. The molecule has 8 nitrogen and oxygen atoms in total. The third kappa shape index (κ3) is 5.71. The molecular weight excluding hydrogens is 541 g/mol. The molecule has 0 unspecified atom stereocenters. The Morgan fingerprint density at radius 3 is 2.75 bits per heavy atom. The number of carbonyl (C=O) groups is 1. The third-order valence-electron chi connectivity index (χ3n) is 6.75. The minimum absolute atomic E-state index is 0.0825. The Balaban J connectivity index is 1.48. The van der Waals surface area contributed by atoms with E-state index < -0.39 is 17.6 Å². The molecule has 0 radical (unpaired) electrons. The Morgan fingerprint density at radius 2 is 2.00 bits per heavy atom. The molecule has 1 amide bonds. The first kappa shape index (κ1) is 27.4. The van der Waals surface area contributed by atoms with Crippen LogP contribution in [0.2, 0.25) is 0 Å². The topological polar surface area (TPSA) is 117 Å². The number of nitriles is 1. The SMILES string of the molecule is N#Cc1ccccc1Cn1c(N2CCC[C@@H](N)C2)nc2cc(C(=O)NCc3cccc(C(F)(F)F)c3)sc2c1=O. The molecule has 0 bridgehead atoms. The highest BCUT2D eigenvalue weighted by atomic mass is 32.1. The van der Waals surface area contributed by atoms with Gasteiger partial charge in [-0.15, -0.1) is 11.3 Å². The van der Waals surface area contributed by atoms with Crippen LogP contribution in [-0.4, -0.2) is 34.6 Å². The second-order valence-corrected chi connectivity index (χ2v) is 10.7. The van der Waals surface area contributed by atoms with Gasteiger partial charge in [0.15, 0.2) is 0 Å². The van der Waals surface area contributed by atoms with Gasteiger partial charge in [0, 0.05) is 25.7 Å². The Labute approximate surface area is 231 Å². The maximum Gasteiger partial charge on any atom is 0.416 e. The quantitative estimate of drug-likeness (QED) is 0.360. The average molecular weight is 567 g/mol. The third-order valence-corrected chi connectivity index (χ3v) is 7.86. The van der Waals surface area contributed by atoms with E-state index in [0.29, 0.717) is 41.2 Å². The zero-order valence-electron chi connectivity index (χ0n) is 21.2. The summed E-state index contributed by atoms with van der Waals surface area (Å²) in [7, 11) is 0. The molecule has 1 fully saturated rings. The predicted octanol–water partition coefficient (Wildman–Crippen LogP) is 4.25. The summed E-state index contributed by atoms with van der Waals surface area (Å²) in [5.74, 6) is -0.114. The Kier molecular flexibility index (Phi) is 7.60. The number of benzene rings is 2. The molecule has 0 aliphatic carbocycles. The van der Waals surface area contributed by atoms with Gasteiger partial charge in [0.2, 0.25) is 5.95 Å². The lowest BCUT2D eigenvalue weighted by Crippen LogP contribution is -2.45. The van der Waals surface area contributed by atoms with Crippen LogP contribution in [0.3, 0.4) is 0 Å². The van der Waals surface area contributed by atoms with Crippen molar-refractivity contribution in [3.63, 3.8) is 0 Å². The van der Waals surface area contributed by atoms with E-state index in [1.165, 1.54) is 22.8 Å². The highest BCUT2D eigenvalue weighted by Crippen LogP contribution is 2.30. The number of thiophene rings is 1. The summed E-state index contributed by atoms with van der Waals surface area (Å²) in [4.78, 5) is 33.7. The van der Waals surface area contributed by atoms with Crippen molar-refractivity contribution in [1.29, 1.82) is 5.26 Å². The van der Waals surface area contributed by atoms with Crippen LogP contribution in [0.15, 0.2) is 59.4 Å². The summed E-state index contributed by atoms with van der Waals surface area (Å²) in [6.07, 6.45) is -2.80. The van der Waals surface area contributed by atoms with Crippen molar-refractivity contribution >= 4 is 33.4 Å². The number of hydrogen-bond acceptors (Lipinski definition) is 7. The van der Waals surface area contributed by atoms with Gasteiger partial charge < -0.3 is 16.0 Å². The molecule has 1 atom stereocenters. The van der Waals surface area contributed by atoms with Gasteiger partial charge in [-0.25, -0.2) is 4.98 Å². The molecule has 0 saturated carbocycles. The minimum Gasteiger partial charge on any atom is -0.347 e. The highest BCUT2D eigenvalue weighted by Gasteiger charge is 2.30. The summed E-state index contributed by atoms with van der Waals surface area (Å²) in [5, 5.41) is 12.2. The van der Waals surface area contributed by atoms with Crippen molar-refractivity contribution in [3.05, 3.63) is 92.1 Å². The van der Waals surface area contributed by atoms with Crippen molar-refractivity contribution in [2.24, 2.45) is 5.73 Å². The number of amides is 1. The van der Waals surface area contributed by atoms with E-state index in [1.54, 1.807) is 24.3 Å². The molecule has 4 aromatic rings. The number of alkyl halides is 3. The molecule has 40 heavy (non-hydrogen) atoms. The minimum atomic E-state index is -4.49. The number of halogens is 3. The van der Waals surface area contributed by atoms with Crippen molar-refractivity contribution in [3.8, 4) is 6.07 Å². The number of nitrogens with two attached hydrogens (primary N) is 1. The van der Waals surface area contributed by atoms with Crippen molar-refractivity contribution in [1.82, 2.24) is 14.9 Å². The van der Waals surface area contributed by atoms with Gasteiger partial charge in [-0.1, -0.05) is 30.3 Å². The fourth-order valence-corrected chi connectivity index (χ4v) is 5.71. The summed E-state index contributed by atoms with van der Waals surface area (Å²) in [6.45, 7) is 1.16. The number of piperidine rings is 1. The number of anilines is 1. The van der Waals surface area contributed by atoms with Crippen LogP contribution in [0.4, 0.5) is 19.1 Å². The van der Waals surface area contributed by atoms with E-state index in [9.17, 15) is 28.0 Å². The van der Waals surface area contributed by atoms with Crippen LogP contribution in [-0.2, 0) is 19.3 Å². The summed E-state index contributed by atoms with van der Waals surface area (Å²) in [6, 6.07) is 15.3. The van der Waals surface area contributed by atoms with Crippen LogP contribution < -0.4 is 21.5 Å². The Bertz CT molecular complexity index is 1670.